The van der Waals surface area contributed by atoms with E-state index in [1.165, 1.54) is 0 Å². The third-order valence-corrected chi connectivity index (χ3v) is 4.06. The summed E-state index contributed by atoms with van der Waals surface area (Å²) in [6, 6.07) is 14.1. The molecule has 1 atom stereocenters. The highest BCUT2D eigenvalue weighted by molar-refractivity contribution is 7.92. The topological polar surface area (TPSA) is 84.5 Å². The van der Waals surface area contributed by atoms with Crippen LogP contribution in [0.3, 0.4) is 0 Å². The minimum Gasteiger partial charge on any atom is -0.484 e. The van der Waals surface area contributed by atoms with E-state index >= 15 is 0 Å². The van der Waals surface area contributed by atoms with Gasteiger partial charge in [-0.2, -0.15) is 0 Å². The minimum atomic E-state index is -3.34. The van der Waals surface area contributed by atoms with E-state index in [4.69, 9.17) is 4.74 Å². The highest BCUT2D eigenvalue weighted by Crippen LogP contribution is 2.18. The maximum Gasteiger partial charge on any atom is 0.258 e. The van der Waals surface area contributed by atoms with E-state index < -0.39 is 10.0 Å². The highest BCUT2D eigenvalue weighted by atomic mass is 32.2. The fraction of sp³-hybridized carbons (Fsp3) is 0.278. The van der Waals surface area contributed by atoms with Gasteiger partial charge in [0, 0.05) is 5.69 Å². The molecule has 0 saturated carbocycles. The first-order chi connectivity index (χ1) is 11.7. The number of nitrogens with one attached hydrogen (secondary N) is 2. The van der Waals surface area contributed by atoms with Gasteiger partial charge >= 0.3 is 0 Å². The molecule has 0 aliphatic rings. The zero-order valence-electron chi connectivity index (χ0n) is 14.4. The van der Waals surface area contributed by atoms with Crippen molar-refractivity contribution in [3.63, 3.8) is 0 Å². The average Bonchev–Trinajstić information content (AvgIpc) is 2.53. The monoisotopic (exact) mass is 362 g/mol. The Balaban J connectivity index is 1.92. The van der Waals surface area contributed by atoms with Gasteiger partial charge in [-0.25, -0.2) is 8.42 Å². The summed E-state index contributed by atoms with van der Waals surface area (Å²) in [4.78, 5) is 12.0. The molecule has 0 fully saturated rings. The minimum absolute atomic E-state index is 0.0886. The van der Waals surface area contributed by atoms with Crippen LogP contribution < -0.4 is 14.8 Å². The zero-order chi connectivity index (χ0) is 18.4. The third-order valence-electron chi connectivity index (χ3n) is 3.46. The van der Waals surface area contributed by atoms with Crippen LogP contribution in [0, 0.1) is 6.92 Å². The third kappa shape index (κ3) is 6.46. The lowest BCUT2D eigenvalue weighted by Gasteiger charge is -2.16. The summed E-state index contributed by atoms with van der Waals surface area (Å²) in [5, 5.41) is 2.83. The van der Waals surface area contributed by atoms with E-state index in [1.54, 1.807) is 18.2 Å². The predicted octanol–water partition coefficient (Wildman–Crippen LogP) is 2.62. The van der Waals surface area contributed by atoms with Gasteiger partial charge < -0.3 is 10.1 Å². The molecule has 6 nitrogen and oxygen atoms in total. The molecule has 0 spiro atoms. The van der Waals surface area contributed by atoms with Gasteiger partial charge in [0.25, 0.3) is 5.91 Å². The van der Waals surface area contributed by atoms with E-state index in [2.05, 4.69) is 10.0 Å². The second-order valence-electron chi connectivity index (χ2n) is 5.89. The molecule has 0 aliphatic carbocycles. The van der Waals surface area contributed by atoms with Crippen molar-refractivity contribution in [1.82, 2.24) is 5.32 Å². The van der Waals surface area contributed by atoms with Crippen LogP contribution in [0.15, 0.2) is 48.5 Å². The quantitative estimate of drug-likeness (QED) is 0.793. The Morgan fingerprint density at radius 1 is 1.16 bits per heavy atom. The summed E-state index contributed by atoms with van der Waals surface area (Å²) in [5.74, 6) is 0.377. The number of hydrogen-bond acceptors (Lipinski definition) is 4. The Hall–Kier alpha value is -2.54. The molecule has 1 amide bonds. The molecule has 134 valence electrons. The number of aryl methyl sites for hydroxylation is 1. The van der Waals surface area contributed by atoms with Crippen molar-refractivity contribution in [2.75, 3.05) is 17.6 Å². The highest BCUT2D eigenvalue weighted by Gasteiger charge is 2.11. The molecular formula is C18H22N2O4S. The van der Waals surface area contributed by atoms with E-state index in [-0.39, 0.29) is 18.6 Å². The van der Waals surface area contributed by atoms with Gasteiger partial charge in [0.2, 0.25) is 10.0 Å². The number of ether oxygens (including phenoxy) is 1. The molecule has 2 aromatic carbocycles. The molecule has 2 aromatic rings. The number of benzene rings is 2. The summed E-state index contributed by atoms with van der Waals surface area (Å²) in [6.45, 7) is 3.71. The van der Waals surface area contributed by atoms with Crippen LogP contribution in [0.5, 0.6) is 5.75 Å². The predicted molar refractivity (Wildman–Crippen MR) is 98.1 cm³/mol. The van der Waals surface area contributed by atoms with Crippen molar-refractivity contribution in [1.29, 1.82) is 0 Å². The van der Waals surface area contributed by atoms with Crippen molar-refractivity contribution >= 4 is 21.6 Å². The van der Waals surface area contributed by atoms with Crippen molar-refractivity contribution in [2.24, 2.45) is 0 Å². The van der Waals surface area contributed by atoms with Crippen LogP contribution in [0.2, 0.25) is 0 Å². The molecule has 0 heterocycles. The van der Waals surface area contributed by atoms with Gasteiger partial charge in [0.05, 0.1) is 12.3 Å². The van der Waals surface area contributed by atoms with Crippen LogP contribution >= 0.6 is 0 Å². The first kappa shape index (κ1) is 18.8. The molecule has 2 rings (SSSR count). The Bertz CT molecular complexity index is 832. The molecule has 0 radical (unpaired) electrons. The lowest BCUT2D eigenvalue weighted by molar-refractivity contribution is -0.123. The van der Waals surface area contributed by atoms with Crippen molar-refractivity contribution in [3.05, 3.63) is 59.7 Å². The molecule has 0 aliphatic heterocycles. The van der Waals surface area contributed by atoms with Gasteiger partial charge in [-0.15, -0.1) is 0 Å². The second-order valence-corrected chi connectivity index (χ2v) is 7.64. The SMILES string of the molecule is Cc1ccc(OCC(=O)NC(C)c2cccc(NS(C)(=O)=O)c2)cc1. The lowest BCUT2D eigenvalue weighted by Crippen LogP contribution is -2.31. The van der Waals surface area contributed by atoms with Crippen LogP contribution in [0.4, 0.5) is 5.69 Å². The number of carbonyl (C=O) groups excluding carboxylic acids is 1. The molecule has 7 heteroatoms. The molecule has 0 saturated heterocycles. The zero-order valence-corrected chi connectivity index (χ0v) is 15.3. The Morgan fingerprint density at radius 2 is 1.84 bits per heavy atom. The number of amides is 1. The van der Waals surface area contributed by atoms with Gasteiger partial charge in [-0.05, 0) is 43.7 Å². The lowest BCUT2D eigenvalue weighted by atomic mass is 10.1. The standard InChI is InChI=1S/C18H22N2O4S/c1-13-7-9-17(10-8-13)24-12-18(21)19-14(2)15-5-4-6-16(11-15)20-25(3,22)23/h4-11,14,20H,12H2,1-3H3,(H,19,21). The second kappa shape index (κ2) is 8.02. The maximum atomic E-state index is 12.0. The molecule has 0 bridgehead atoms. The van der Waals surface area contributed by atoms with Gasteiger partial charge in [0.15, 0.2) is 6.61 Å². The number of sulfonamides is 1. The number of anilines is 1. The van der Waals surface area contributed by atoms with E-state index in [0.29, 0.717) is 11.4 Å². The fourth-order valence-electron chi connectivity index (χ4n) is 2.24. The van der Waals surface area contributed by atoms with Crippen LogP contribution in [0.25, 0.3) is 0 Å². The maximum absolute atomic E-state index is 12.0. The largest absolute Gasteiger partial charge is 0.484 e. The van der Waals surface area contributed by atoms with Gasteiger partial charge in [0.1, 0.15) is 5.75 Å². The first-order valence-corrected chi connectivity index (χ1v) is 9.69. The number of hydrogen-bond donors (Lipinski definition) is 2. The van der Waals surface area contributed by atoms with Crippen LogP contribution in [0.1, 0.15) is 24.1 Å². The average molecular weight is 362 g/mol. The van der Waals surface area contributed by atoms with Gasteiger partial charge in [-0.3, -0.25) is 9.52 Å². The van der Waals surface area contributed by atoms with Gasteiger partial charge in [-0.1, -0.05) is 29.8 Å². The van der Waals surface area contributed by atoms with E-state index in [1.807, 2.05) is 44.2 Å². The fourth-order valence-corrected chi connectivity index (χ4v) is 2.79. The van der Waals surface area contributed by atoms with Crippen molar-refractivity contribution in [2.45, 2.75) is 19.9 Å². The Labute approximate surface area is 148 Å². The Morgan fingerprint density at radius 3 is 2.48 bits per heavy atom. The Kier molecular flexibility index (Phi) is 6.03. The smallest absolute Gasteiger partial charge is 0.258 e. The van der Waals surface area contributed by atoms with E-state index in [0.717, 1.165) is 17.4 Å². The summed E-state index contributed by atoms with van der Waals surface area (Å²) in [5.41, 5.74) is 2.36. The molecule has 2 N–H and O–H groups in total. The summed E-state index contributed by atoms with van der Waals surface area (Å²) >= 11 is 0. The molecule has 25 heavy (non-hydrogen) atoms. The number of carbonyl (C=O) groups is 1. The van der Waals surface area contributed by atoms with Crippen molar-refractivity contribution in [3.8, 4) is 5.75 Å². The number of rotatable bonds is 7. The van der Waals surface area contributed by atoms with Crippen molar-refractivity contribution < 1.29 is 17.9 Å². The van der Waals surface area contributed by atoms with E-state index in [9.17, 15) is 13.2 Å². The summed E-state index contributed by atoms with van der Waals surface area (Å²) < 4.78 is 30.5. The summed E-state index contributed by atoms with van der Waals surface area (Å²) in [7, 11) is -3.34. The summed E-state index contributed by atoms with van der Waals surface area (Å²) in [6.07, 6.45) is 1.09. The van der Waals surface area contributed by atoms with Crippen LogP contribution in [-0.2, 0) is 14.8 Å². The first-order valence-electron chi connectivity index (χ1n) is 7.79. The molecule has 1 unspecified atom stereocenters. The van der Waals surface area contributed by atoms with Crippen LogP contribution in [-0.4, -0.2) is 27.2 Å². The molecular weight excluding hydrogens is 340 g/mol. The molecule has 0 aromatic heterocycles. The normalized spacial score (nSPS) is 12.3.